The van der Waals surface area contributed by atoms with Gasteiger partial charge < -0.3 is 15.7 Å². The maximum atomic E-state index is 11.1. The van der Waals surface area contributed by atoms with Crippen molar-refractivity contribution in [2.45, 2.75) is 24.4 Å². The fourth-order valence-electron chi connectivity index (χ4n) is 1.54. The molecule has 0 aromatic heterocycles. The fourth-order valence-corrected chi connectivity index (χ4v) is 1.54. The SMILES string of the molecule is NC1CN(C2(CO)CC2)C1=O. The standard InChI is InChI=1S/C7H12N2O2/c8-5-3-9(6(5)11)7(4-10)1-2-7/h5,10H,1-4,8H2. The average molecular weight is 156 g/mol. The molecule has 2 aliphatic rings. The Labute approximate surface area is 65.0 Å². The lowest BCUT2D eigenvalue weighted by Gasteiger charge is -2.42. The summed E-state index contributed by atoms with van der Waals surface area (Å²) in [6.45, 7) is 0.713. The molecule has 4 nitrogen and oxygen atoms in total. The van der Waals surface area contributed by atoms with Crippen molar-refractivity contribution in [2.75, 3.05) is 13.2 Å². The van der Waals surface area contributed by atoms with Crippen LogP contribution in [0.2, 0.25) is 0 Å². The van der Waals surface area contributed by atoms with Gasteiger partial charge in [-0.1, -0.05) is 0 Å². The van der Waals surface area contributed by atoms with E-state index < -0.39 is 0 Å². The van der Waals surface area contributed by atoms with E-state index >= 15 is 0 Å². The van der Waals surface area contributed by atoms with Crippen LogP contribution in [-0.4, -0.2) is 40.6 Å². The minimum absolute atomic E-state index is 0.00319. The third-order valence-electron chi connectivity index (χ3n) is 2.66. The van der Waals surface area contributed by atoms with Crippen LogP contribution < -0.4 is 5.73 Å². The molecule has 1 aliphatic carbocycles. The maximum Gasteiger partial charge on any atom is 0.241 e. The van der Waals surface area contributed by atoms with Gasteiger partial charge in [0.25, 0.3) is 0 Å². The Balaban J connectivity index is 2.03. The summed E-state index contributed by atoms with van der Waals surface area (Å²) in [5.74, 6) is -0.00319. The summed E-state index contributed by atoms with van der Waals surface area (Å²) in [5, 5.41) is 8.96. The Kier molecular flexibility index (Phi) is 1.25. The number of nitrogens with zero attached hydrogens (tertiary/aromatic N) is 1. The van der Waals surface area contributed by atoms with Crippen molar-refractivity contribution >= 4 is 5.91 Å². The summed E-state index contributed by atoms with van der Waals surface area (Å²) in [6.07, 6.45) is 1.86. The van der Waals surface area contributed by atoms with Crippen LogP contribution in [0, 0.1) is 0 Å². The zero-order valence-corrected chi connectivity index (χ0v) is 6.29. The van der Waals surface area contributed by atoms with Gasteiger partial charge in [-0.3, -0.25) is 4.79 Å². The monoisotopic (exact) mass is 156 g/mol. The van der Waals surface area contributed by atoms with Crippen molar-refractivity contribution in [3.8, 4) is 0 Å². The molecular formula is C7H12N2O2. The van der Waals surface area contributed by atoms with E-state index in [-0.39, 0.29) is 24.1 Å². The minimum atomic E-state index is -0.306. The predicted molar refractivity (Wildman–Crippen MR) is 38.7 cm³/mol. The normalized spacial score (nSPS) is 33.5. The first-order valence-corrected chi connectivity index (χ1v) is 3.87. The van der Waals surface area contributed by atoms with E-state index in [0.717, 1.165) is 12.8 Å². The summed E-state index contributed by atoms with van der Waals surface area (Å²) < 4.78 is 0. The number of aliphatic hydroxyl groups is 1. The number of amides is 1. The smallest absolute Gasteiger partial charge is 0.241 e. The Bertz CT molecular complexity index is 201. The molecule has 1 unspecified atom stereocenters. The van der Waals surface area contributed by atoms with Crippen LogP contribution in [-0.2, 0) is 4.79 Å². The van der Waals surface area contributed by atoms with Gasteiger partial charge in [-0.2, -0.15) is 0 Å². The first-order valence-electron chi connectivity index (χ1n) is 3.87. The van der Waals surface area contributed by atoms with Crippen LogP contribution in [0.1, 0.15) is 12.8 Å². The second-order valence-corrected chi connectivity index (χ2v) is 3.44. The van der Waals surface area contributed by atoms with Crippen LogP contribution >= 0.6 is 0 Å². The van der Waals surface area contributed by atoms with Crippen LogP contribution in [0.25, 0.3) is 0 Å². The first-order chi connectivity index (χ1) is 5.19. The maximum absolute atomic E-state index is 11.1. The molecule has 1 aliphatic heterocycles. The van der Waals surface area contributed by atoms with E-state index in [2.05, 4.69) is 0 Å². The summed E-state index contributed by atoms with van der Waals surface area (Å²) in [4.78, 5) is 12.8. The van der Waals surface area contributed by atoms with E-state index in [4.69, 9.17) is 10.8 Å². The minimum Gasteiger partial charge on any atom is -0.394 e. The molecular weight excluding hydrogens is 144 g/mol. The van der Waals surface area contributed by atoms with Crippen LogP contribution in [0.15, 0.2) is 0 Å². The van der Waals surface area contributed by atoms with Gasteiger partial charge in [0.15, 0.2) is 0 Å². The van der Waals surface area contributed by atoms with Crippen molar-refractivity contribution in [1.29, 1.82) is 0 Å². The van der Waals surface area contributed by atoms with Gasteiger partial charge >= 0.3 is 0 Å². The molecule has 1 saturated heterocycles. The summed E-state index contributed by atoms with van der Waals surface area (Å²) in [6, 6.07) is -0.306. The molecule has 0 bridgehead atoms. The van der Waals surface area contributed by atoms with Crippen LogP contribution in [0.5, 0.6) is 0 Å². The molecule has 0 aromatic rings. The van der Waals surface area contributed by atoms with Crippen molar-refractivity contribution in [3.05, 3.63) is 0 Å². The molecule has 1 saturated carbocycles. The number of carbonyl (C=O) groups excluding carboxylic acids is 1. The number of likely N-dealkylation sites (tertiary alicyclic amines) is 1. The molecule has 2 rings (SSSR count). The van der Waals surface area contributed by atoms with E-state index in [1.165, 1.54) is 0 Å². The molecule has 1 atom stereocenters. The molecule has 4 heteroatoms. The summed E-state index contributed by atoms with van der Waals surface area (Å²) in [5.41, 5.74) is 5.22. The van der Waals surface area contributed by atoms with Gasteiger partial charge in [0.05, 0.1) is 12.1 Å². The highest BCUT2D eigenvalue weighted by Gasteiger charge is 2.55. The van der Waals surface area contributed by atoms with Gasteiger partial charge in [-0.15, -0.1) is 0 Å². The number of aliphatic hydroxyl groups excluding tert-OH is 1. The number of rotatable bonds is 2. The van der Waals surface area contributed by atoms with E-state index in [0.29, 0.717) is 6.54 Å². The van der Waals surface area contributed by atoms with Gasteiger partial charge in [-0.25, -0.2) is 0 Å². The van der Waals surface area contributed by atoms with Crippen LogP contribution in [0.4, 0.5) is 0 Å². The second kappa shape index (κ2) is 1.95. The highest BCUT2D eigenvalue weighted by Crippen LogP contribution is 2.43. The highest BCUT2D eigenvalue weighted by molar-refractivity contribution is 5.88. The van der Waals surface area contributed by atoms with Gasteiger partial charge in [0, 0.05) is 6.54 Å². The predicted octanol–water partition coefficient (Wildman–Crippen LogP) is -1.32. The quantitative estimate of drug-likeness (QED) is 0.487. The van der Waals surface area contributed by atoms with E-state index in [1.807, 2.05) is 0 Å². The Morgan fingerprint density at radius 3 is 2.64 bits per heavy atom. The Hall–Kier alpha value is -0.610. The summed E-state index contributed by atoms with van der Waals surface area (Å²) >= 11 is 0. The van der Waals surface area contributed by atoms with Crippen molar-refractivity contribution in [2.24, 2.45) is 5.73 Å². The molecule has 2 fully saturated rings. The molecule has 0 spiro atoms. The third kappa shape index (κ3) is 0.795. The molecule has 0 radical (unpaired) electrons. The zero-order valence-electron chi connectivity index (χ0n) is 6.29. The number of hydrogen-bond donors (Lipinski definition) is 2. The van der Waals surface area contributed by atoms with Crippen molar-refractivity contribution in [3.63, 3.8) is 0 Å². The zero-order chi connectivity index (χ0) is 8.06. The molecule has 1 heterocycles. The number of hydrogen-bond acceptors (Lipinski definition) is 3. The van der Waals surface area contributed by atoms with Crippen LogP contribution in [0.3, 0.4) is 0 Å². The summed E-state index contributed by atoms with van der Waals surface area (Å²) in [7, 11) is 0. The largest absolute Gasteiger partial charge is 0.394 e. The van der Waals surface area contributed by atoms with Crippen molar-refractivity contribution in [1.82, 2.24) is 4.90 Å². The average Bonchev–Trinajstić information content (AvgIpc) is 2.80. The third-order valence-corrected chi connectivity index (χ3v) is 2.66. The lowest BCUT2D eigenvalue weighted by atomic mass is 10.0. The molecule has 3 N–H and O–H groups in total. The number of nitrogens with two attached hydrogens (primary N) is 1. The lowest BCUT2D eigenvalue weighted by molar-refractivity contribution is -0.148. The highest BCUT2D eigenvalue weighted by atomic mass is 16.3. The van der Waals surface area contributed by atoms with Gasteiger partial charge in [0.2, 0.25) is 5.91 Å². The van der Waals surface area contributed by atoms with Gasteiger partial charge in [0.1, 0.15) is 6.04 Å². The lowest BCUT2D eigenvalue weighted by Crippen LogP contribution is -2.65. The topological polar surface area (TPSA) is 66.6 Å². The second-order valence-electron chi connectivity index (χ2n) is 3.44. The van der Waals surface area contributed by atoms with E-state index in [9.17, 15) is 4.79 Å². The Morgan fingerprint density at radius 1 is 1.73 bits per heavy atom. The van der Waals surface area contributed by atoms with Gasteiger partial charge in [-0.05, 0) is 12.8 Å². The molecule has 0 aromatic carbocycles. The molecule has 1 amide bonds. The number of β-lactam (4-membered cyclic amide) rings is 1. The first kappa shape index (κ1) is 7.06. The number of carbonyl (C=O) groups is 1. The molecule has 62 valence electrons. The fraction of sp³-hybridized carbons (Fsp3) is 0.857. The molecule has 11 heavy (non-hydrogen) atoms. The van der Waals surface area contributed by atoms with E-state index in [1.54, 1.807) is 4.90 Å². The Morgan fingerprint density at radius 2 is 2.36 bits per heavy atom. The van der Waals surface area contributed by atoms with Crippen molar-refractivity contribution < 1.29 is 9.90 Å².